The molecular formula is C34H58O2. The molecule has 0 spiro atoms. The van der Waals surface area contributed by atoms with E-state index in [4.69, 9.17) is 4.74 Å². The van der Waals surface area contributed by atoms with E-state index in [1.54, 1.807) is 5.57 Å². The zero-order valence-corrected chi connectivity index (χ0v) is 24.7. The lowest BCUT2D eigenvalue weighted by Crippen LogP contribution is -2.51. The van der Waals surface area contributed by atoms with Gasteiger partial charge in [-0.3, -0.25) is 4.79 Å². The topological polar surface area (TPSA) is 26.3 Å². The second kappa shape index (κ2) is 11.9. The van der Waals surface area contributed by atoms with Crippen LogP contribution in [-0.4, -0.2) is 12.1 Å². The molecule has 6 unspecified atom stereocenters. The molecule has 0 bridgehead atoms. The summed E-state index contributed by atoms with van der Waals surface area (Å²) in [4.78, 5) is 12.4. The number of carbonyl (C=O) groups is 1. The number of hydrogen-bond acceptors (Lipinski definition) is 2. The highest BCUT2D eigenvalue weighted by Gasteiger charge is 2.59. The first-order chi connectivity index (χ1) is 17.2. The van der Waals surface area contributed by atoms with Gasteiger partial charge in [0.2, 0.25) is 0 Å². The Bertz CT molecular complexity index is 767. The standard InChI is InChI=1S/C34H58O2/c1-7-8-9-10-14-32(35)36-27-19-21-33(5)26(23-27)15-16-28-30-18-17-29(25(4)13-11-12-24(2)3)34(30,6)22-20-31(28)33/h15,24-25,27-31H,7-14,16-23H2,1-6H3/t25?,27?,28?,29?,30?,31?,33-,34+/m0/s1. The molecule has 206 valence electrons. The number of carbonyl (C=O) groups excluding carboxylic acids is 1. The highest BCUT2D eigenvalue weighted by molar-refractivity contribution is 5.69. The fourth-order valence-electron chi connectivity index (χ4n) is 9.69. The summed E-state index contributed by atoms with van der Waals surface area (Å²) in [5, 5.41) is 0. The van der Waals surface area contributed by atoms with Crippen molar-refractivity contribution in [1.82, 2.24) is 0 Å². The molecule has 0 aromatic heterocycles. The van der Waals surface area contributed by atoms with Gasteiger partial charge in [-0.1, -0.05) is 91.7 Å². The maximum Gasteiger partial charge on any atom is 0.306 e. The maximum absolute atomic E-state index is 12.4. The van der Waals surface area contributed by atoms with Crippen molar-refractivity contribution in [3.8, 4) is 0 Å². The molecule has 0 saturated heterocycles. The van der Waals surface area contributed by atoms with Gasteiger partial charge in [-0.05, 0) is 97.7 Å². The lowest BCUT2D eigenvalue weighted by atomic mass is 9.47. The molecule has 4 rings (SSSR count). The lowest BCUT2D eigenvalue weighted by Gasteiger charge is -2.58. The molecule has 3 fully saturated rings. The minimum Gasteiger partial charge on any atom is -0.462 e. The predicted molar refractivity (Wildman–Crippen MR) is 152 cm³/mol. The molecule has 0 aromatic rings. The first-order valence-electron chi connectivity index (χ1n) is 16.1. The van der Waals surface area contributed by atoms with Gasteiger partial charge in [0, 0.05) is 12.8 Å². The zero-order chi connectivity index (χ0) is 25.9. The summed E-state index contributed by atoms with van der Waals surface area (Å²) in [6.07, 6.45) is 22.5. The highest BCUT2D eigenvalue weighted by Crippen LogP contribution is 2.67. The first kappa shape index (κ1) is 28.2. The average molecular weight is 499 g/mol. The fraction of sp³-hybridized carbons (Fsp3) is 0.912. The average Bonchev–Trinajstić information content (AvgIpc) is 3.19. The predicted octanol–water partition coefficient (Wildman–Crippen LogP) is 9.91. The summed E-state index contributed by atoms with van der Waals surface area (Å²) in [6.45, 7) is 14.8. The summed E-state index contributed by atoms with van der Waals surface area (Å²) < 4.78 is 5.99. The number of allylic oxidation sites excluding steroid dienone is 1. The van der Waals surface area contributed by atoms with Crippen LogP contribution in [0, 0.1) is 46.3 Å². The van der Waals surface area contributed by atoms with Crippen LogP contribution >= 0.6 is 0 Å². The van der Waals surface area contributed by atoms with E-state index in [2.05, 4.69) is 47.6 Å². The van der Waals surface area contributed by atoms with E-state index in [9.17, 15) is 4.79 Å². The molecule has 2 nitrogen and oxygen atoms in total. The third-order valence-corrected chi connectivity index (χ3v) is 11.8. The third kappa shape index (κ3) is 5.78. The maximum atomic E-state index is 12.4. The van der Waals surface area contributed by atoms with Crippen molar-refractivity contribution in [1.29, 1.82) is 0 Å². The molecule has 0 N–H and O–H groups in total. The summed E-state index contributed by atoms with van der Waals surface area (Å²) in [7, 11) is 0. The number of rotatable bonds is 11. The molecule has 3 saturated carbocycles. The van der Waals surface area contributed by atoms with Crippen LogP contribution in [-0.2, 0) is 9.53 Å². The van der Waals surface area contributed by atoms with E-state index in [1.807, 2.05) is 0 Å². The SMILES string of the molecule is CCCCCCC(=O)OC1CC[C@@]2(C)C(=CCC3C4CCC(C(C)CCCC(C)C)[C@@]4(C)CCC32)C1. The smallest absolute Gasteiger partial charge is 0.306 e. The molecule has 0 heterocycles. The molecule has 0 amide bonds. The number of unbranched alkanes of at least 4 members (excludes halogenated alkanes) is 3. The minimum atomic E-state index is 0.0435. The summed E-state index contributed by atoms with van der Waals surface area (Å²) in [5.41, 5.74) is 2.54. The Balaban J connectivity index is 1.36. The van der Waals surface area contributed by atoms with Crippen molar-refractivity contribution in [2.24, 2.45) is 46.3 Å². The van der Waals surface area contributed by atoms with Crippen LogP contribution in [0.5, 0.6) is 0 Å². The van der Waals surface area contributed by atoms with Crippen LogP contribution in [0.4, 0.5) is 0 Å². The summed E-state index contributed by atoms with van der Waals surface area (Å²) in [5.74, 6) is 5.34. The lowest BCUT2D eigenvalue weighted by molar-refractivity contribution is -0.151. The van der Waals surface area contributed by atoms with Gasteiger partial charge in [0.1, 0.15) is 6.10 Å². The van der Waals surface area contributed by atoms with Crippen molar-refractivity contribution < 1.29 is 9.53 Å². The van der Waals surface area contributed by atoms with Crippen LogP contribution in [0.1, 0.15) is 144 Å². The normalized spacial score (nSPS) is 38.6. The molecule has 2 heteroatoms. The van der Waals surface area contributed by atoms with Crippen molar-refractivity contribution in [2.75, 3.05) is 0 Å². The minimum absolute atomic E-state index is 0.0435. The Kier molecular flexibility index (Phi) is 9.36. The first-order valence-corrected chi connectivity index (χ1v) is 16.1. The van der Waals surface area contributed by atoms with Crippen LogP contribution in [0.2, 0.25) is 0 Å². The van der Waals surface area contributed by atoms with Crippen LogP contribution < -0.4 is 0 Å². The fourth-order valence-corrected chi connectivity index (χ4v) is 9.69. The number of hydrogen-bond donors (Lipinski definition) is 0. The molecular weight excluding hydrogens is 440 g/mol. The van der Waals surface area contributed by atoms with Crippen LogP contribution in [0.25, 0.3) is 0 Å². The molecule has 0 radical (unpaired) electrons. The summed E-state index contributed by atoms with van der Waals surface area (Å²) >= 11 is 0. The van der Waals surface area contributed by atoms with Gasteiger partial charge in [0.05, 0.1) is 0 Å². The van der Waals surface area contributed by atoms with Crippen molar-refractivity contribution in [3.05, 3.63) is 11.6 Å². The van der Waals surface area contributed by atoms with E-state index < -0.39 is 0 Å². The van der Waals surface area contributed by atoms with Gasteiger partial charge < -0.3 is 4.74 Å². The zero-order valence-electron chi connectivity index (χ0n) is 24.7. The molecule has 0 aromatic carbocycles. The number of fused-ring (bicyclic) bond motifs is 5. The second-order valence-electron chi connectivity index (χ2n) is 14.5. The molecule has 8 atom stereocenters. The Hall–Kier alpha value is -0.790. The van der Waals surface area contributed by atoms with Gasteiger partial charge in [0.15, 0.2) is 0 Å². The van der Waals surface area contributed by atoms with E-state index in [0.717, 1.165) is 61.2 Å². The molecule has 4 aliphatic rings. The quantitative estimate of drug-likeness (QED) is 0.161. The van der Waals surface area contributed by atoms with Gasteiger partial charge in [-0.25, -0.2) is 0 Å². The Morgan fingerprint density at radius 3 is 2.53 bits per heavy atom. The Morgan fingerprint density at radius 1 is 0.972 bits per heavy atom. The number of esters is 1. The monoisotopic (exact) mass is 498 g/mol. The van der Waals surface area contributed by atoms with Crippen LogP contribution in [0.3, 0.4) is 0 Å². The van der Waals surface area contributed by atoms with E-state index in [1.165, 1.54) is 70.6 Å². The van der Waals surface area contributed by atoms with Gasteiger partial charge in [-0.15, -0.1) is 0 Å². The number of ether oxygens (including phenoxy) is 1. The largest absolute Gasteiger partial charge is 0.462 e. The van der Waals surface area contributed by atoms with E-state index in [0.29, 0.717) is 17.3 Å². The van der Waals surface area contributed by atoms with Crippen LogP contribution in [0.15, 0.2) is 11.6 Å². The summed E-state index contributed by atoms with van der Waals surface area (Å²) in [6, 6.07) is 0. The van der Waals surface area contributed by atoms with Gasteiger partial charge >= 0.3 is 5.97 Å². The Morgan fingerprint density at radius 2 is 1.78 bits per heavy atom. The van der Waals surface area contributed by atoms with Crippen molar-refractivity contribution >= 4 is 5.97 Å². The van der Waals surface area contributed by atoms with E-state index >= 15 is 0 Å². The molecule has 4 aliphatic carbocycles. The molecule has 36 heavy (non-hydrogen) atoms. The third-order valence-electron chi connectivity index (χ3n) is 11.8. The van der Waals surface area contributed by atoms with Gasteiger partial charge in [0.25, 0.3) is 0 Å². The second-order valence-corrected chi connectivity index (χ2v) is 14.5. The molecule has 0 aliphatic heterocycles. The van der Waals surface area contributed by atoms with Crippen molar-refractivity contribution in [2.45, 2.75) is 150 Å². The highest BCUT2D eigenvalue weighted by atomic mass is 16.5. The van der Waals surface area contributed by atoms with Crippen molar-refractivity contribution in [3.63, 3.8) is 0 Å². The Labute approximate surface area is 223 Å². The van der Waals surface area contributed by atoms with Gasteiger partial charge in [-0.2, -0.15) is 0 Å². The van der Waals surface area contributed by atoms with E-state index in [-0.39, 0.29) is 12.1 Å².